The number of thioether (sulfide) groups is 1. The molecule has 0 unspecified atom stereocenters. The number of amides is 1. The fourth-order valence-corrected chi connectivity index (χ4v) is 4.13. The van der Waals surface area contributed by atoms with Gasteiger partial charge in [0.1, 0.15) is 0 Å². The summed E-state index contributed by atoms with van der Waals surface area (Å²) in [5.74, 6) is 0.848. The maximum Gasteiger partial charge on any atom is 0.257 e. The van der Waals surface area contributed by atoms with Gasteiger partial charge in [0.05, 0.1) is 0 Å². The molecule has 6 heteroatoms. The van der Waals surface area contributed by atoms with Crippen LogP contribution in [0.2, 0.25) is 0 Å². The fraction of sp³-hybridized carbons (Fsp3) is 0.400. The van der Waals surface area contributed by atoms with Crippen molar-refractivity contribution < 1.29 is 4.79 Å². The highest BCUT2D eigenvalue weighted by molar-refractivity contribution is 8.01. The standard InChI is InChI=1S/C15H17N3OS2/c1-2-20-15-18-17-14(21-15)16-13(19)12-8-7-10-5-3-4-6-11(10)9-12/h7-9H,2-6H2,1H3,(H,16,17,19). The number of hydrogen-bond donors (Lipinski definition) is 1. The Hall–Kier alpha value is -1.40. The number of aryl methyl sites for hydroxylation is 2. The Labute approximate surface area is 132 Å². The van der Waals surface area contributed by atoms with Gasteiger partial charge in [0.15, 0.2) is 4.34 Å². The first-order valence-corrected chi connectivity index (χ1v) is 8.96. The van der Waals surface area contributed by atoms with Gasteiger partial charge in [-0.15, -0.1) is 10.2 Å². The Morgan fingerprint density at radius 1 is 1.29 bits per heavy atom. The van der Waals surface area contributed by atoms with Crippen LogP contribution in [0.15, 0.2) is 22.5 Å². The lowest BCUT2D eigenvalue weighted by atomic mass is 9.90. The number of fused-ring (bicyclic) bond motifs is 1. The first-order valence-electron chi connectivity index (χ1n) is 7.15. The van der Waals surface area contributed by atoms with Gasteiger partial charge < -0.3 is 0 Å². The van der Waals surface area contributed by atoms with E-state index >= 15 is 0 Å². The summed E-state index contributed by atoms with van der Waals surface area (Å²) < 4.78 is 0.887. The minimum Gasteiger partial charge on any atom is -0.296 e. The zero-order valence-corrected chi connectivity index (χ0v) is 13.5. The summed E-state index contributed by atoms with van der Waals surface area (Å²) >= 11 is 3.05. The number of aromatic nitrogens is 2. The molecule has 21 heavy (non-hydrogen) atoms. The molecule has 1 heterocycles. The fourth-order valence-electron chi connectivity index (χ4n) is 2.49. The molecular weight excluding hydrogens is 302 g/mol. The molecule has 0 radical (unpaired) electrons. The zero-order valence-electron chi connectivity index (χ0n) is 11.9. The SMILES string of the molecule is CCSc1nnc(NC(=O)c2ccc3c(c2)CCCC3)s1. The molecule has 110 valence electrons. The van der Waals surface area contributed by atoms with Crippen LogP contribution in [0.1, 0.15) is 41.3 Å². The second-order valence-electron chi connectivity index (χ2n) is 4.95. The normalized spacial score (nSPS) is 13.8. The van der Waals surface area contributed by atoms with Crippen molar-refractivity contribution in [1.29, 1.82) is 0 Å². The van der Waals surface area contributed by atoms with Crippen LogP contribution >= 0.6 is 23.1 Å². The molecule has 1 aliphatic rings. The van der Waals surface area contributed by atoms with Crippen molar-refractivity contribution in [2.45, 2.75) is 36.9 Å². The molecule has 0 saturated carbocycles. The van der Waals surface area contributed by atoms with E-state index in [0.29, 0.717) is 10.7 Å². The van der Waals surface area contributed by atoms with Gasteiger partial charge in [-0.05, 0) is 54.7 Å². The molecular formula is C15H17N3OS2. The minimum absolute atomic E-state index is 0.104. The second-order valence-corrected chi connectivity index (χ2v) is 7.44. The van der Waals surface area contributed by atoms with Crippen molar-refractivity contribution in [3.05, 3.63) is 34.9 Å². The second kappa shape index (κ2) is 6.58. The molecule has 1 amide bonds. The van der Waals surface area contributed by atoms with Gasteiger partial charge in [-0.1, -0.05) is 36.1 Å². The number of benzene rings is 1. The van der Waals surface area contributed by atoms with Gasteiger partial charge in [-0.2, -0.15) is 0 Å². The molecule has 1 aromatic heterocycles. The smallest absolute Gasteiger partial charge is 0.257 e. The van der Waals surface area contributed by atoms with Crippen molar-refractivity contribution in [3.8, 4) is 0 Å². The van der Waals surface area contributed by atoms with E-state index in [4.69, 9.17) is 0 Å². The monoisotopic (exact) mass is 319 g/mol. The first-order chi connectivity index (χ1) is 10.3. The first kappa shape index (κ1) is 14.5. The minimum atomic E-state index is -0.104. The topological polar surface area (TPSA) is 54.9 Å². The quantitative estimate of drug-likeness (QED) is 0.688. The summed E-state index contributed by atoms with van der Waals surface area (Å²) in [4.78, 5) is 12.3. The Bertz CT molecular complexity index is 654. The third-order valence-corrected chi connectivity index (χ3v) is 5.36. The van der Waals surface area contributed by atoms with Crippen LogP contribution in [0.25, 0.3) is 0 Å². The lowest BCUT2D eigenvalue weighted by molar-refractivity contribution is 0.102. The molecule has 1 aliphatic carbocycles. The number of carbonyl (C=O) groups excluding carboxylic acids is 1. The van der Waals surface area contributed by atoms with Crippen LogP contribution in [-0.4, -0.2) is 21.9 Å². The number of nitrogens with one attached hydrogen (secondary N) is 1. The largest absolute Gasteiger partial charge is 0.296 e. The van der Waals surface area contributed by atoms with E-state index in [1.807, 2.05) is 12.1 Å². The Kier molecular flexibility index (Phi) is 4.55. The molecule has 4 nitrogen and oxygen atoms in total. The van der Waals surface area contributed by atoms with Crippen LogP contribution in [0.4, 0.5) is 5.13 Å². The van der Waals surface area contributed by atoms with Crippen LogP contribution in [-0.2, 0) is 12.8 Å². The summed E-state index contributed by atoms with van der Waals surface area (Å²) in [6.07, 6.45) is 4.67. The maximum absolute atomic E-state index is 12.3. The van der Waals surface area contributed by atoms with Crippen molar-refractivity contribution in [2.75, 3.05) is 11.1 Å². The molecule has 0 aliphatic heterocycles. The van der Waals surface area contributed by atoms with Gasteiger partial charge in [0, 0.05) is 5.56 Å². The highest BCUT2D eigenvalue weighted by Crippen LogP contribution is 2.26. The van der Waals surface area contributed by atoms with Gasteiger partial charge >= 0.3 is 0 Å². The van der Waals surface area contributed by atoms with Crippen LogP contribution in [0.5, 0.6) is 0 Å². The van der Waals surface area contributed by atoms with Crippen molar-refractivity contribution >= 4 is 34.1 Å². The van der Waals surface area contributed by atoms with Gasteiger partial charge in [0.25, 0.3) is 5.91 Å². The van der Waals surface area contributed by atoms with E-state index in [9.17, 15) is 4.79 Å². The van der Waals surface area contributed by atoms with Crippen LogP contribution < -0.4 is 5.32 Å². The van der Waals surface area contributed by atoms with Crippen molar-refractivity contribution in [3.63, 3.8) is 0 Å². The molecule has 0 bridgehead atoms. The average Bonchev–Trinajstić information content (AvgIpc) is 2.94. The summed E-state index contributed by atoms with van der Waals surface area (Å²) in [6.45, 7) is 2.07. The Morgan fingerprint density at radius 2 is 2.10 bits per heavy atom. The van der Waals surface area contributed by atoms with E-state index in [2.05, 4.69) is 28.5 Å². The van der Waals surface area contributed by atoms with Crippen LogP contribution in [0.3, 0.4) is 0 Å². The summed E-state index contributed by atoms with van der Waals surface area (Å²) in [5.41, 5.74) is 3.40. The molecule has 0 spiro atoms. The molecule has 0 atom stereocenters. The van der Waals surface area contributed by atoms with Crippen molar-refractivity contribution in [2.24, 2.45) is 0 Å². The molecule has 1 N–H and O–H groups in total. The predicted octanol–water partition coefficient (Wildman–Crippen LogP) is 3.78. The zero-order chi connectivity index (χ0) is 14.7. The number of nitrogens with zero attached hydrogens (tertiary/aromatic N) is 2. The lowest BCUT2D eigenvalue weighted by Gasteiger charge is -2.16. The number of hydrogen-bond acceptors (Lipinski definition) is 5. The molecule has 1 aromatic carbocycles. The van der Waals surface area contributed by atoms with E-state index in [1.165, 1.54) is 35.3 Å². The Morgan fingerprint density at radius 3 is 2.90 bits per heavy atom. The third kappa shape index (κ3) is 3.44. The molecule has 3 rings (SSSR count). The van der Waals surface area contributed by atoms with Gasteiger partial charge in [-0.25, -0.2) is 0 Å². The third-order valence-electron chi connectivity index (χ3n) is 3.51. The molecule has 0 fully saturated rings. The number of rotatable bonds is 4. The van der Waals surface area contributed by atoms with Gasteiger partial charge in [-0.3, -0.25) is 10.1 Å². The number of carbonyl (C=O) groups is 1. The number of anilines is 1. The molecule has 0 saturated heterocycles. The maximum atomic E-state index is 12.3. The van der Waals surface area contributed by atoms with Crippen LogP contribution in [0, 0.1) is 0 Å². The lowest BCUT2D eigenvalue weighted by Crippen LogP contribution is -2.13. The summed E-state index contributed by atoms with van der Waals surface area (Å²) in [7, 11) is 0. The molecule has 2 aromatic rings. The highest BCUT2D eigenvalue weighted by Gasteiger charge is 2.14. The van der Waals surface area contributed by atoms with E-state index in [1.54, 1.807) is 11.8 Å². The van der Waals surface area contributed by atoms with E-state index in [0.717, 1.165) is 22.9 Å². The van der Waals surface area contributed by atoms with E-state index < -0.39 is 0 Å². The summed E-state index contributed by atoms with van der Waals surface area (Å²) in [5, 5.41) is 11.4. The van der Waals surface area contributed by atoms with Crippen molar-refractivity contribution in [1.82, 2.24) is 10.2 Å². The summed E-state index contributed by atoms with van der Waals surface area (Å²) in [6, 6.07) is 6.01. The highest BCUT2D eigenvalue weighted by atomic mass is 32.2. The Balaban J connectivity index is 1.72. The van der Waals surface area contributed by atoms with E-state index in [-0.39, 0.29) is 5.91 Å². The average molecular weight is 319 g/mol. The predicted molar refractivity (Wildman–Crippen MR) is 87.3 cm³/mol. The van der Waals surface area contributed by atoms with Gasteiger partial charge in [0.2, 0.25) is 5.13 Å².